The van der Waals surface area contributed by atoms with Gasteiger partial charge < -0.3 is 0 Å². The summed E-state index contributed by atoms with van der Waals surface area (Å²) in [5.74, 6) is 0. The maximum absolute atomic E-state index is 2.42. The van der Waals surface area contributed by atoms with Crippen molar-refractivity contribution in [3.8, 4) is 44.5 Å². The molecule has 294 valence electrons. The fourth-order valence-corrected chi connectivity index (χ4v) is 9.65. The molecule has 0 nitrogen and oxygen atoms in total. The predicted octanol–water partition coefficient (Wildman–Crippen LogP) is 15.9. The molecule has 0 saturated carbocycles. The second-order valence-corrected chi connectivity index (χ2v) is 17.9. The number of aryl methyl sites for hydroxylation is 14. The molecule has 0 atom stereocenters. The second-order valence-electron chi connectivity index (χ2n) is 17.9. The Morgan fingerprint density at radius 3 is 0.845 bits per heavy atom. The van der Waals surface area contributed by atoms with Crippen LogP contribution in [-0.2, 0) is 12.8 Å². The lowest BCUT2D eigenvalue weighted by atomic mass is 9.91. The first-order valence-corrected chi connectivity index (χ1v) is 21.2. The summed E-state index contributed by atoms with van der Waals surface area (Å²) in [5.41, 5.74) is 36.3. The zero-order valence-electron chi connectivity index (χ0n) is 37.7. The van der Waals surface area contributed by atoms with Crippen LogP contribution in [-0.4, -0.2) is 0 Å². The van der Waals surface area contributed by atoms with Crippen LogP contribution < -0.4 is 0 Å². The SMILES string of the molecule is Cc1cc(C)c(-c2ccc3c(c2)Cc2cc(-c4c(C)cc(C)cc4C)ccc2-3)c(C)c1.Cc1cc(C)c(C)cc1C.Cc1cc2c(cc1C)-c1cc(C)c(C)cc1C2. The Morgan fingerprint density at radius 1 is 0.241 bits per heavy atom. The molecule has 0 heteroatoms. The zero-order chi connectivity index (χ0) is 41.7. The summed E-state index contributed by atoms with van der Waals surface area (Å²) in [4.78, 5) is 0. The fraction of sp³-hybridized carbons (Fsp3) is 0.276. The van der Waals surface area contributed by atoms with E-state index in [1.807, 2.05) is 0 Å². The highest BCUT2D eigenvalue weighted by molar-refractivity contribution is 5.85. The molecule has 7 aromatic carbocycles. The minimum absolute atomic E-state index is 1.01. The van der Waals surface area contributed by atoms with Gasteiger partial charge in [-0.3, -0.25) is 0 Å². The molecule has 0 fully saturated rings. The van der Waals surface area contributed by atoms with Crippen LogP contribution in [0.4, 0.5) is 0 Å². The number of benzene rings is 7. The molecule has 0 unspecified atom stereocenters. The molecule has 0 aliphatic heterocycles. The molecule has 9 rings (SSSR count). The Kier molecular flexibility index (Phi) is 11.3. The molecule has 0 spiro atoms. The van der Waals surface area contributed by atoms with E-state index in [0.29, 0.717) is 0 Å². The summed E-state index contributed by atoms with van der Waals surface area (Å²) in [6.07, 6.45) is 2.12. The molecule has 2 aliphatic carbocycles. The monoisotopic (exact) mass is 758 g/mol. The molecular weight excluding hydrogens is 697 g/mol. The average Bonchev–Trinajstić information content (AvgIpc) is 3.67. The number of hydrogen-bond acceptors (Lipinski definition) is 0. The largest absolute Gasteiger partial charge is 0.0559 e. The number of rotatable bonds is 2. The van der Waals surface area contributed by atoms with Crippen LogP contribution in [0.2, 0.25) is 0 Å². The third-order valence-electron chi connectivity index (χ3n) is 13.0. The minimum atomic E-state index is 1.01. The Labute approximate surface area is 350 Å². The van der Waals surface area contributed by atoms with Crippen molar-refractivity contribution < 1.29 is 0 Å². The lowest BCUT2D eigenvalue weighted by Crippen LogP contribution is -1.91. The van der Waals surface area contributed by atoms with Crippen LogP contribution in [0.3, 0.4) is 0 Å². The maximum atomic E-state index is 2.42. The van der Waals surface area contributed by atoms with Crippen LogP contribution in [0, 0.1) is 96.9 Å². The molecule has 0 amide bonds. The van der Waals surface area contributed by atoms with E-state index < -0.39 is 0 Å². The van der Waals surface area contributed by atoms with Crippen molar-refractivity contribution in [2.75, 3.05) is 0 Å². The Hall–Kier alpha value is -5.46. The summed E-state index contributed by atoms with van der Waals surface area (Å²) in [5, 5.41) is 0. The van der Waals surface area contributed by atoms with Gasteiger partial charge in [0.2, 0.25) is 0 Å². The van der Waals surface area contributed by atoms with Crippen LogP contribution >= 0.6 is 0 Å². The average molecular weight is 759 g/mol. The van der Waals surface area contributed by atoms with E-state index in [4.69, 9.17) is 0 Å². The van der Waals surface area contributed by atoms with Crippen LogP contribution in [0.1, 0.15) is 100 Å². The highest BCUT2D eigenvalue weighted by Gasteiger charge is 2.22. The fourth-order valence-electron chi connectivity index (χ4n) is 9.65. The van der Waals surface area contributed by atoms with E-state index >= 15 is 0 Å². The van der Waals surface area contributed by atoms with E-state index in [2.05, 4.69) is 194 Å². The Balaban J connectivity index is 0.000000157. The predicted molar refractivity (Wildman–Crippen MR) is 253 cm³/mol. The van der Waals surface area contributed by atoms with Crippen molar-refractivity contribution in [1.29, 1.82) is 0 Å². The van der Waals surface area contributed by atoms with E-state index in [1.165, 1.54) is 145 Å². The summed E-state index contributed by atoms with van der Waals surface area (Å²) >= 11 is 0. The third-order valence-corrected chi connectivity index (χ3v) is 13.0. The molecule has 7 aromatic rings. The van der Waals surface area contributed by atoms with Crippen LogP contribution in [0.15, 0.2) is 97.1 Å². The van der Waals surface area contributed by atoms with Gasteiger partial charge in [-0.2, -0.15) is 0 Å². The van der Waals surface area contributed by atoms with Crippen LogP contribution in [0.5, 0.6) is 0 Å². The summed E-state index contributed by atoms with van der Waals surface area (Å²) in [6, 6.07) is 37.2. The van der Waals surface area contributed by atoms with Crippen molar-refractivity contribution >= 4 is 0 Å². The molecule has 0 saturated heterocycles. The van der Waals surface area contributed by atoms with Gasteiger partial charge in [0.15, 0.2) is 0 Å². The maximum Gasteiger partial charge on any atom is -0.00130 e. The molecule has 0 N–H and O–H groups in total. The van der Waals surface area contributed by atoms with Gasteiger partial charge in [0.05, 0.1) is 0 Å². The van der Waals surface area contributed by atoms with E-state index in [1.54, 1.807) is 0 Å². The first kappa shape index (κ1) is 40.7. The van der Waals surface area contributed by atoms with Crippen molar-refractivity contribution in [3.63, 3.8) is 0 Å². The normalized spacial score (nSPS) is 11.8. The van der Waals surface area contributed by atoms with Gasteiger partial charge in [0.25, 0.3) is 0 Å². The van der Waals surface area contributed by atoms with Gasteiger partial charge in [0.1, 0.15) is 0 Å². The van der Waals surface area contributed by atoms with Gasteiger partial charge in [-0.05, 0) is 243 Å². The summed E-state index contributed by atoms with van der Waals surface area (Å²) in [6.45, 7) is 30.7. The molecule has 0 heterocycles. The van der Waals surface area contributed by atoms with Crippen molar-refractivity contribution in [2.45, 2.75) is 110 Å². The molecular formula is C58H62. The van der Waals surface area contributed by atoms with Gasteiger partial charge in [-0.25, -0.2) is 0 Å². The lowest BCUT2D eigenvalue weighted by molar-refractivity contribution is 1.21. The number of fused-ring (bicyclic) bond motifs is 6. The molecule has 0 aromatic heterocycles. The Bertz CT molecular complexity index is 2490. The highest BCUT2D eigenvalue weighted by atomic mass is 14.3. The first-order valence-electron chi connectivity index (χ1n) is 21.2. The Morgan fingerprint density at radius 2 is 0.517 bits per heavy atom. The molecule has 2 aliphatic rings. The van der Waals surface area contributed by atoms with Gasteiger partial charge >= 0.3 is 0 Å². The standard InChI is InChI=1S/C31H30.C17H18.C10H14/c1-18-11-20(3)30(21(4)12-18)24-7-9-28-26(15-24)17-27-16-25(8-10-29(27)28)31-22(5)13-19(2)14-23(31)6;1-10-5-14-9-15-6-11(2)13(4)8-17(15)16(14)7-12(10)3;1-7-5-9(3)10(4)6-8(7)2/h7-16H,17H2,1-6H3;5-8H,9H2,1-4H3;5-6H,1-4H3. The van der Waals surface area contributed by atoms with Crippen molar-refractivity contribution in [3.05, 3.63) is 197 Å². The quantitative estimate of drug-likeness (QED) is 0.165. The van der Waals surface area contributed by atoms with E-state index in [0.717, 1.165) is 12.8 Å². The summed E-state index contributed by atoms with van der Waals surface area (Å²) in [7, 11) is 0. The van der Waals surface area contributed by atoms with Crippen LogP contribution in [0.25, 0.3) is 44.5 Å². The molecule has 58 heavy (non-hydrogen) atoms. The molecule has 0 radical (unpaired) electrons. The van der Waals surface area contributed by atoms with Gasteiger partial charge in [-0.1, -0.05) is 108 Å². The van der Waals surface area contributed by atoms with E-state index in [-0.39, 0.29) is 0 Å². The first-order chi connectivity index (χ1) is 27.5. The van der Waals surface area contributed by atoms with Crippen molar-refractivity contribution in [1.82, 2.24) is 0 Å². The van der Waals surface area contributed by atoms with E-state index in [9.17, 15) is 0 Å². The molecule has 0 bridgehead atoms. The minimum Gasteiger partial charge on any atom is -0.0559 e. The second kappa shape index (κ2) is 16.1. The lowest BCUT2D eigenvalue weighted by Gasteiger charge is -2.13. The zero-order valence-corrected chi connectivity index (χ0v) is 37.7. The van der Waals surface area contributed by atoms with Gasteiger partial charge in [0, 0.05) is 0 Å². The van der Waals surface area contributed by atoms with Gasteiger partial charge in [-0.15, -0.1) is 0 Å². The highest BCUT2D eigenvalue weighted by Crippen LogP contribution is 2.43. The topological polar surface area (TPSA) is 0 Å². The summed E-state index contributed by atoms with van der Waals surface area (Å²) < 4.78 is 0. The smallest absolute Gasteiger partial charge is 0.00130 e. The number of hydrogen-bond donors (Lipinski definition) is 0. The van der Waals surface area contributed by atoms with Crippen molar-refractivity contribution in [2.24, 2.45) is 0 Å². The third kappa shape index (κ3) is 8.00.